The number of rotatable bonds is 5. The van der Waals surface area contributed by atoms with Gasteiger partial charge in [-0.05, 0) is 30.5 Å². The Hall–Kier alpha value is -1.14. The molecule has 0 amide bonds. The van der Waals surface area contributed by atoms with Gasteiger partial charge in [-0.2, -0.15) is 0 Å². The molecule has 2 atom stereocenters. The van der Waals surface area contributed by atoms with Crippen LogP contribution in [0.3, 0.4) is 0 Å². The van der Waals surface area contributed by atoms with E-state index in [0.717, 1.165) is 25.4 Å². The molecule has 0 aromatic heterocycles. The number of piperazine rings is 3. The Balaban J connectivity index is 1.54. The maximum Gasteiger partial charge on any atom is 0.120 e. The standard InChI is InChI=1S/C16H24N4O/c17-18-16(15-11-19-6-8-20(15)9-7-19)12-2-1-3-14(10-12)21-13-4-5-13/h1-3,10,13,15-16,18H,4-9,11,17H2. The average molecular weight is 288 g/mol. The predicted molar refractivity (Wildman–Crippen MR) is 82.0 cm³/mol. The molecule has 1 saturated carbocycles. The lowest BCUT2D eigenvalue weighted by Crippen LogP contribution is -2.64. The van der Waals surface area contributed by atoms with E-state index in [1.54, 1.807) is 0 Å². The highest BCUT2D eigenvalue weighted by Crippen LogP contribution is 2.31. The van der Waals surface area contributed by atoms with Gasteiger partial charge in [0, 0.05) is 38.8 Å². The molecule has 5 rings (SSSR count). The highest BCUT2D eigenvalue weighted by Gasteiger charge is 2.37. The summed E-state index contributed by atoms with van der Waals surface area (Å²) in [6.07, 6.45) is 2.81. The predicted octanol–water partition coefficient (Wildman–Crippen LogP) is 0.732. The summed E-state index contributed by atoms with van der Waals surface area (Å²) in [5.41, 5.74) is 4.28. The molecule has 1 aliphatic carbocycles. The van der Waals surface area contributed by atoms with Crippen LogP contribution in [0.1, 0.15) is 24.4 Å². The first-order valence-corrected chi connectivity index (χ1v) is 8.02. The smallest absolute Gasteiger partial charge is 0.120 e. The number of hydrogen-bond acceptors (Lipinski definition) is 5. The van der Waals surface area contributed by atoms with E-state index < -0.39 is 0 Å². The topological polar surface area (TPSA) is 53.8 Å². The van der Waals surface area contributed by atoms with Crippen LogP contribution in [-0.4, -0.2) is 54.7 Å². The number of nitrogens with one attached hydrogen (secondary N) is 1. The van der Waals surface area contributed by atoms with Gasteiger partial charge < -0.3 is 4.74 Å². The minimum atomic E-state index is 0.163. The zero-order valence-corrected chi connectivity index (χ0v) is 12.4. The molecule has 4 aliphatic rings. The number of fused-ring (bicyclic) bond motifs is 3. The fraction of sp³-hybridized carbons (Fsp3) is 0.625. The van der Waals surface area contributed by atoms with Crippen LogP contribution in [0.5, 0.6) is 5.75 Å². The van der Waals surface area contributed by atoms with Crippen molar-refractivity contribution < 1.29 is 4.74 Å². The van der Waals surface area contributed by atoms with E-state index >= 15 is 0 Å². The van der Waals surface area contributed by atoms with Crippen LogP contribution in [0.4, 0.5) is 0 Å². The molecule has 4 fully saturated rings. The molecular formula is C16H24N4O. The molecule has 2 unspecified atom stereocenters. The zero-order valence-electron chi connectivity index (χ0n) is 12.4. The Kier molecular flexibility index (Phi) is 3.59. The van der Waals surface area contributed by atoms with E-state index in [2.05, 4.69) is 33.4 Å². The minimum absolute atomic E-state index is 0.163. The third-order valence-electron chi connectivity index (χ3n) is 4.93. The minimum Gasteiger partial charge on any atom is -0.490 e. The summed E-state index contributed by atoms with van der Waals surface area (Å²) >= 11 is 0. The molecule has 0 spiro atoms. The number of hydrazine groups is 1. The van der Waals surface area contributed by atoms with Gasteiger partial charge in [-0.3, -0.25) is 21.1 Å². The highest BCUT2D eigenvalue weighted by molar-refractivity contribution is 5.32. The maximum atomic E-state index is 5.92. The zero-order chi connectivity index (χ0) is 14.2. The third-order valence-corrected chi connectivity index (χ3v) is 4.93. The second-order valence-electron chi connectivity index (χ2n) is 6.44. The van der Waals surface area contributed by atoms with Gasteiger partial charge in [0.05, 0.1) is 12.1 Å². The lowest BCUT2D eigenvalue weighted by Gasteiger charge is -2.50. The number of nitrogens with two attached hydrogens (primary N) is 1. The van der Waals surface area contributed by atoms with Crippen LogP contribution in [0, 0.1) is 0 Å². The van der Waals surface area contributed by atoms with Gasteiger partial charge in [0.25, 0.3) is 0 Å². The van der Waals surface area contributed by atoms with Gasteiger partial charge in [0.15, 0.2) is 0 Å². The second kappa shape index (κ2) is 5.57. The molecular weight excluding hydrogens is 264 g/mol. The first-order valence-electron chi connectivity index (χ1n) is 8.02. The van der Waals surface area contributed by atoms with Gasteiger partial charge in [-0.15, -0.1) is 0 Å². The van der Waals surface area contributed by atoms with Crippen molar-refractivity contribution in [2.45, 2.75) is 31.0 Å². The van der Waals surface area contributed by atoms with Crippen LogP contribution in [-0.2, 0) is 0 Å². The van der Waals surface area contributed by atoms with E-state index in [1.165, 1.54) is 31.5 Å². The monoisotopic (exact) mass is 288 g/mol. The number of benzene rings is 1. The molecule has 5 nitrogen and oxygen atoms in total. The Labute approximate surface area is 126 Å². The number of ether oxygens (including phenoxy) is 1. The molecule has 3 aliphatic heterocycles. The van der Waals surface area contributed by atoms with Crippen LogP contribution in [0.2, 0.25) is 0 Å². The normalized spacial score (nSPS) is 32.9. The van der Waals surface area contributed by atoms with Gasteiger partial charge in [0.1, 0.15) is 5.75 Å². The Morgan fingerprint density at radius 3 is 2.62 bits per heavy atom. The average Bonchev–Trinajstić information content (AvgIpc) is 3.34. The van der Waals surface area contributed by atoms with Crippen molar-refractivity contribution in [1.29, 1.82) is 0 Å². The van der Waals surface area contributed by atoms with E-state index in [-0.39, 0.29) is 6.04 Å². The summed E-state index contributed by atoms with van der Waals surface area (Å²) in [6.45, 7) is 5.79. The summed E-state index contributed by atoms with van der Waals surface area (Å²) in [4.78, 5) is 5.11. The fourth-order valence-electron chi connectivity index (χ4n) is 3.56. The molecule has 1 aromatic rings. The van der Waals surface area contributed by atoms with Gasteiger partial charge in [-0.1, -0.05) is 12.1 Å². The highest BCUT2D eigenvalue weighted by atomic mass is 16.5. The van der Waals surface area contributed by atoms with Crippen molar-refractivity contribution in [3.05, 3.63) is 29.8 Å². The number of hydrogen-bond donors (Lipinski definition) is 2. The summed E-state index contributed by atoms with van der Waals surface area (Å²) in [5.74, 6) is 6.87. The molecule has 114 valence electrons. The van der Waals surface area contributed by atoms with Crippen LogP contribution >= 0.6 is 0 Å². The molecule has 1 aromatic carbocycles. The van der Waals surface area contributed by atoms with Crippen molar-refractivity contribution in [1.82, 2.24) is 15.2 Å². The number of nitrogens with zero attached hydrogens (tertiary/aromatic N) is 2. The maximum absolute atomic E-state index is 5.92. The Morgan fingerprint density at radius 1 is 1.19 bits per heavy atom. The molecule has 2 bridgehead atoms. The molecule has 3 N–H and O–H groups in total. The summed E-state index contributed by atoms with van der Waals surface area (Å²) in [5, 5.41) is 0. The van der Waals surface area contributed by atoms with Crippen molar-refractivity contribution in [2.24, 2.45) is 5.84 Å². The second-order valence-corrected chi connectivity index (χ2v) is 6.44. The fourth-order valence-corrected chi connectivity index (χ4v) is 3.56. The van der Waals surface area contributed by atoms with Crippen molar-refractivity contribution in [2.75, 3.05) is 32.7 Å². The van der Waals surface area contributed by atoms with E-state index in [9.17, 15) is 0 Å². The van der Waals surface area contributed by atoms with E-state index in [1.807, 2.05) is 6.07 Å². The van der Waals surface area contributed by atoms with Crippen LogP contribution < -0.4 is 16.0 Å². The van der Waals surface area contributed by atoms with Gasteiger partial charge in [0.2, 0.25) is 0 Å². The molecule has 3 heterocycles. The van der Waals surface area contributed by atoms with Gasteiger partial charge >= 0.3 is 0 Å². The van der Waals surface area contributed by atoms with Crippen molar-refractivity contribution in [3.8, 4) is 5.75 Å². The largest absolute Gasteiger partial charge is 0.490 e. The Morgan fingerprint density at radius 2 is 2.00 bits per heavy atom. The van der Waals surface area contributed by atoms with Crippen LogP contribution in [0.15, 0.2) is 24.3 Å². The lowest BCUT2D eigenvalue weighted by atomic mass is 9.94. The van der Waals surface area contributed by atoms with E-state index in [4.69, 9.17) is 10.6 Å². The van der Waals surface area contributed by atoms with E-state index in [0.29, 0.717) is 12.1 Å². The molecule has 5 heteroatoms. The first-order chi connectivity index (χ1) is 10.3. The lowest BCUT2D eigenvalue weighted by molar-refractivity contribution is -0.00372. The van der Waals surface area contributed by atoms with Crippen molar-refractivity contribution >= 4 is 0 Å². The quantitative estimate of drug-likeness (QED) is 0.618. The molecule has 0 radical (unpaired) electrons. The third kappa shape index (κ3) is 2.79. The summed E-state index contributed by atoms with van der Waals surface area (Å²) < 4.78 is 5.92. The van der Waals surface area contributed by atoms with Crippen LogP contribution in [0.25, 0.3) is 0 Å². The summed E-state index contributed by atoms with van der Waals surface area (Å²) in [7, 11) is 0. The summed E-state index contributed by atoms with van der Waals surface area (Å²) in [6, 6.07) is 9.05. The van der Waals surface area contributed by atoms with Crippen molar-refractivity contribution in [3.63, 3.8) is 0 Å². The Bertz CT molecular complexity index is 497. The van der Waals surface area contributed by atoms with Gasteiger partial charge in [-0.25, -0.2) is 0 Å². The molecule has 3 saturated heterocycles. The first kappa shape index (κ1) is 13.5. The SMILES string of the molecule is NNC(c1cccc(OC2CC2)c1)C1CN2CCN1CC2. The molecule has 21 heavy (non-hydrogen) atoms.